The van der Waals surface area contributed by atoms with Crippen molar-refractivity contribution < 1.29 is 14.7 Å². The fourth-order valence-electron chi connectivity index (χ4n) is 1.93. The highest BCUT2D eigenvalue weighted by Crippen LogP contribution is 2.16. The molecule has 0 saturated heterocycles. The molecule has 0 bridgehead atoms. The zero-order valence-electron chi connectivity index (χ0n) is 11.8. The van der Waals surface area contributed by atoms with Crippen molar-refractivity contribution in [2.45, 2.75) is 38.3 Å². The Morgan fingerprint density at radius 1 is 1.35 bits per heavy atom. The maximum atomic E-state index is 12.5. The molecule has 1 aromatic carbocycles. The average molecular weight is 295 g/mol. The van der Waals surface area contributed by atoms with E-state index in [-0.39, 0.29) is 18.0 Å². The topological polar surface area (TPSA) is 66.4 Å². The summed E-state index contributed by atoms with van der Waals surface area (Å²) >= 11 is 4.02. The molecule has 0 radical (unpaired) electrons. The van der Waals surface area contributed by atoms with Crippen molar-refractivity contribution in [1.29, 1.82) is 0 Å². The van der Waals surface area contributed by atoms with Gasteiger partial charge in [0.25, 0.3) is 0 Å². The van der Waals surface area contributed by atoms with E-state index in [0.29, 0.717) is 6.42 Å². The van der Waals surface area contributed by atoms with Crippen molar-refractivity contribution in [2.24, 2.45) is 0 Å². The van der Waals surface area contributed by atoms with Crippen LogP contribution in [-0.2, 0) is 16.0 Å². The Bertz CT molecular complexity index is 463. The van der Waals surface area contributed by atoms with Crippen LogP contribution in [0.3, 0.4) is 0 Å². The number of Topliss-reactive ketones (excluding diaryl/α,β-unsaturated/α-hetero) is 1. The van der Waals surface area contributed by atoms with Crippen LogP contribution < -0.4 is 5.32 Å². The molecule has 0 heterocycles. The lowest BCUT2D eigenvalue weighted by Gasteiger charge is -2.31. The molecular formula is C15H21NO3S. The molecule has 1 rings (SSSR count). The molecule has 110 valence electrons. The van der Waals surface area contributed by atoms with Gasteiger partial charge in [-0.3, -0.25) is 14.9 Å². The molecule has 0 amide bonds. The second-order valence-electron chi connectivity index (χ2n) is 4.99. The van der Waals surface area contributed by atoms with Gasteiger partial charge in [0.15, 0.2) is 5.78 Å². The Labute approximate surface area is 125 Å². The summed E-state index contributed by atoms with van der Waals surface area (Å²) in [5, 5.41) is 12.0. The number of benzene rings is 1. The van der Waals surface area contributed by atoms with Crippen LogP contribution in [0, 0.1) is 0 Å². The minimum atomic E-state index is -0.993. The number of carbonyl (C=O) groups is 2. The Balaban J connectivity index is 2.81. The molecule has 1 unspecified atom stereocenters. The van der Waals surface area contributed by atoms with Crippen LogP contribution in [0.25, 0.3) is 0 Å². The molecule has 0 aromatic heterocycles. The number of carboxylic acids is 1. The summed E-state index contributed by atoms with van der Waals surface area (Å²) in [5.41, 5.74) is 0.0680. The van der Waals surface area contributed by atoms with E-state index >= 15 is 0 Å². The molecule has 4 nitrogen and oxygen atoms in total. The molecule has 20 heavy (non-hydrogen) atoms. The monoisotopic (exact) mass is 295 g/mol. The summed E-state index contributed by atoms with van der Waals surface area (Å²) < 4.78 is 0. The van der Waals surface area contributed by atoms with Crippen molar-refractivity contribution in [3.05, 3.63) is 35.9 Å². The predicted octanol–water partition coefficient (Wildman–Crippen LogP) is 1.94. The second-order valence-corrected chi connectivity index (χ2v) is 5.35. The Morgan fingerprint density at radius 2 is 1.95 bits per heavy atom. The third kappa shape index (κ3) is 4.35. The van der Waals surface area contributed by atoms with E-state index in [9.17, 15) is 9.59 Å². The largest absolute Gasteiger partial charge is 0.480 e. The molecule has 0 aliphatic carbocycles. The average Bonchev–Trinajstić information content (AvgIpc) is 2.45. The van der Waals surface area contributed by atoms with Gasteiger partial charge in [0.05, 0.1) is 5.54 Å². The van der Waals surface area contributed by atoms with Crippen molar-refractivity contribution in [3.8, 4) is 0 Å². The Hall–Kier alpha value is -1.33. The zero-order valence-corrected chi connectivity index (χ0v) is 12.7. The molecule has 0 spiro atoms. The van der Waals surface area contributed by atoms with Crippen LogP contribution >= 0.6 is 12.6 Å². The lowest BCUT2D eigenvalue weighted by Crippen LogP contribution is -2.57. The van der Waals surface area contributed by atoms with E-state index in [1.165, 1.54) is 0 Å². The number of ketones is 1. The maximum Gasteiger partial charge on any atom is 0.321 e. The standard InChI is InChI=1S/C15H21NO3S/c1-3-15(2,16-12(10-20)14(18)19)13(17)9-11-7-5-4-6-8-11/h4-8,12,16,20H,3,9-10H2,1-2H3,(H,18,19)/t12-,15?/m0/s1. The highest BCUT2D eigenvalue weighted by Gasteiger charge is 2.34. The van der Waals surface area contributed by atoms with Crippen LogP contribution in [0.15, 0.2) is 30.3 Å². The van der Waals surface area contributed by atoms with Gasteiger partial charge in [-0.15, -0.1) is 0 Å². The SMILES string of the molecule is CCC(C)(N[C@@H](CS)C(=O)O)C(=O)Cc1ccccc1. The first-order valence-corrected chi connectivity index (χ1v) is 7.24. The van der Waals surface area contributed by atoms with Crippen LogP contribution in [-0.4, -0.2) is 34.2 Å². The minimum Gasteiger partial charge on any atom is -0.480 e. The number of carboxylic acid groups (broad SMARTS) is 1. The summed E-state index contributed by atoms with van der Waals surface area (Å²) in [6, 6.07) is 8.61. The van der Waals surface area contributed by atoms with Crippen molar-refractivity contribution >= 4 is 24.4 Å². The molecule has 2 N–H and O–H groups in total. The molecule has 0 aliphatic heterocycles. The number of thiol groups is 1. The lowest BCUT2D eigenvalue weighted by atomic mass is 9.88. The van der Waals surface area contributed by atoms with Gasteiger partial charge in [0.1, 0.15) is 6.04 Å². The minimum absolute atomic E-state index is 0.0146. The van der Waals surface area contributed by atoms with Crippen LogP contribution in [0.1, 0.15) is 25.8 Å². The number of rotatable bonds is 8. The fraction of sp³-hybridized carbons (Fsp3) is 0.467. The van der Waals surface area contributed by atoms with E-state index in [2.05, 4.69) is 17.9 Å². The summed E-state index contributed by atoms with van der Waals surface area (Å²) in [6.07, 6.45) is 0.813. The van der Waals surface area contributed by atoms with Gasteiger partial charge in [-0.25, -0.2) is 0 Å². The van der Waals surface area contributed by atoms with E-state index in [1.807, 2.05) is 37.3 Å². The number of nitrogens with one attached hydrogen (secondary N) is 1. The zero-order chi connectivity index (χ0) is 15.2. The third-order valence-corrected chi connectivity index (χ3v) is 3.87. The number of aliphatic carboxylic acids is 1. The van der Waals surface area contributed by atoms with Gasteiger partial charge in [-0.05, 0) is 18.9 Å². The summed E-state index contributed by atoms with van der Waals surface area (Å²) in [5.74, 6) is -0.866. The van der Waals surface area contributed by atoms with Crippen molar-refractivity contribution in [3.63, 3.8) is 0 Å². The predicted molar refractivity (Wildman–Crippen MR) is 82.3 cm³/mol. The van der Waals surface area contributed by atoms with Gasteiger partial charge in [-0.2, -0.15) is 12.6 Å². The molecule has 0 saturated carbocycles. The summed E-state index contributed by atoms with van der Waals surface area (Å²) in [4.78, 5) is 23.5. The van der Waals surface area contributed by atoms with Gasteiger partial charge in [-0.1, -0.05) is 37.3 Å². The Morgan fingerprint density at radius 3 is 2.40 bits per heavy atom. The maximum absolute atomic E-state index is 12.5. The molecule has 0 fully saturated rings. The fourth-order valence-corrected chi connectivity index (χ4v) is 2.17. The summed E-state index contributed by atoms with van der Waals surface area (Å²) in [6.45, 7) is 3.62. The third-order valence-electron chi connectivity index (χ3n) is 3.50. The first kappa shape index (κ1) is 16.7. The highest BCUT2D eigenvalue weighted by atomic mass is 32.1. The number of hydrogen-bond acceptors (Lipinski definition) is 4. The molecule has 5 heteroatoms. The number of carbonyl (C=O) groups excluding carboxylic acids is 1. The Kier molecular flexibility index (Phi) is 6.23. The first-order chi connectivity index (χ1) is 9.42. The smallest absolute Gasteiger partial charge is 0.321 e. The van der Waals surface area contributed by atoms with Crippen LogP contribution in [0.4, 0.5) is 0 Å². The normalized spacial score (nSPS) is 15.3. The molecule has 1 aromatic rings. The first-order valence-electron chi connectivity index (χ1n) is 6.61. The summed E-state index contributed by atoms with van der Waals surface area (Å²) in [7, 11) is 0. The van der Waals surface area contributed by atoms with Gasteiger partial charge in [0.2, 0.25) is 0 Å². The molecular weight excluding hydrogens is 274 g/mol. The van der Waals surface area contributed by atoms with Gasteiger partial charge >= 0.3 is 5.97 Å². The van der Waals surface area contributed by atoms with E-state index in [4.69, 9.17) is 5.11 Å². The lowest BCUT2D eigenvalue weighted by molar-refractivity contribution is -0.139. The van der Waals surface area contributed by atoms with Crippen molar-refractivity contribution in [1.82, 2.24) is 5.32 Å². The second kappa shape index (κ2) is 7.45. The van der Waals surface area contributed by atoms with E-state index in [0.717, 1.165) is 5.56 Å². The van der Waals surface area contributed by atoms with Crippen LogP contribution in [0.5, 0.6) is 0 Å². The number of hydrogen-bond donors (Lipinski definition) is 3. The van der Waals surface area contributed by atoms with Crippen molar-refractivity contribution in [2.75, 3.05) is 5.75 Å². The quantitative estimate of drug-likeness (QED) is 0.641. The van der Waals surface area contributed by atoms with Crippen LogP contribution in [0.2, 0.25) is 0 Å². The van der Waals surface area contributed by atoms with E-state index in [1.54, 1.807) is 6.92 Å². The highest BCUT2D eigenvalue weighted by molar-refractivity contribution is 7.80. The van der Waals surface area contributed by atoms with Gasteiger partial charge < -0.3 is 5.11 Å². The van der Waals surface area contributed by atoms with Gasteiger partial charge in [0, 0.05) is 12.2 Å². The molecule has 2 atom stereocenters. The molecule has 0 aliphatic rings. The van der Waals surface area contributed by atoms with E-state index < -0.39 is 17.6 Å².